The first-order valence-corrected chi connectivity index (χ1v) is 4.97. The molecule has 0 amide bonds. The van der Waals surface area contributed by atoms with E-state index in [2.05, 4.69) is 27.0 Å². The molecule has 4 heteroatoms. The third kappa shape index (κ3) is 1.88. The van der Waals surface area contributed by atoms with Gasteiger partial charge in [0.25, 0.3) is 0 Å². The van der Waals surface area contributed by atoms with Gasteiger partial charge in [0.05, 0.1) is 0 Å². The van der Waals surface area contributed by atoms with Crippen molar-refractivity contribution in [3.63, 3.8) is 0 Å². The quantitative estimate of drug-likeness (QED) is 0.754. The molecular weight excluding hydrogens is 164 g/mol. The van der Waals surface area contributed by atoms with Gasteiger partial charge in [0, 0.05) is 18.6 Å². The molecule has 13 heavy (non-hydrogen) atoms. The van der Waals surface area contributed by atoms with Crippen molar-refractivity contribution in [2.24, 2.45) is 0 Å². The lowest BCUT2D eigenvalue weighted by Crippen LogP contribution is -2.20. The zero-order chi connectivity index (χ0) is 9.10. The Hall–Kier alpha value is -0.900. The molecule has 1 aromatic heterocycles. The second-order valence-electron chi connectivity index (χ2n) is 3.69. The van der Waals surface area contributed by atoms with Crippen LogP contribution in [0.25, 0.3) is 0 Å². The van der Waals surface area contributed by atoms with Crippen LogP contribution >= 0.6 is 0 Å². The summed E-state index contributed by atoms with van der Waals surface area (Å²) in [7, 11) is 0. The summed E-state index contributed by atoms with van der Waals surface area (Å²) in [6.07, 6.45) is 7.36. The minimum Gasteiger partial charge on any atom is -0.316 e. The van der Waals surface area contributed by atoms with Gasteiger partial charge in [-0.1, -0.05) is 13.3 Å². The molecule has 1 saturated heterocycles. The molecule has 0 aliphatic carbocycles. The van der Waals surface area contributed by atoms with Crippen LogP contribution in [0, 0.1) is 0 Å². The van der Waals surface area contributed by atoms with Gasteiger partial charge in [-0.2, -0.15) is 0 Å². The van der Waals surface area contributed by atoms with Crippen molar-refractivity contribution in [1.82, 2.24) is 20.1 Å². The van der Waals surface area contributed by atoms with Crippen LogP contribution in [0.2, 0.25) is 0 Å². The molecule has 72 valence electrons. The second kappa shape index (κ2) is 3.87. The second-order valence-corrected chi connectivity index (χ2v) is 3.69. The van der Waals surface area contributed by atoms with Crippen LogP contribution in [0.4, 0.5) is 0 Å². The highest BCUT2D eigenvalue weighted by Crippen LogP contribution is 2.21. The topological polar surface area (TPSA) is 42.7 Å². The summed E-state index contributed by atoms with van der Waals surface area (Å²) in [4.78, 5) is 0. The third-order valence-corrected chi connectivity index (χ3v) is 2.69. The minimum absolute atomic E-state index is 0.562. The number of hydrogen-bond donors (Lipinski definition) is 1. The lowest BCUT2D eigenvalue weighted by atomic mass is 10.1. The number of hydrogen-bond acceptors (Lipinski definition) is 3. The van der Waals surface area contributed by atoms with Crippen molar-refractivity contribution < 1.29 is 0 Å². The summed E-state index contributed by atoms with van der Waals surface area (Å²) < 4.78 is 2.10. The van der Waals surface area contributed by atoms with Crippen LogP contribution in [0.1, 0.15) is 32.2 Å². The van der Waals surface area contributed by atoms with E-state index in [0.717, 1.165) is 6.54 Å². The maximum atomic E-state index is 3.82. The summed E-state index contributed by atoms with van der Waals surface area (Å²) in [5.74, 6) is 0. The highest BCUT2D eigenvalue weighted by molar-refractivity contribution is 4.86. The lowest BCUT2D eigenvalue weighted by molar-refractivity contribution is 0.507. The van der Waals surface area contributed by atoms with Crippen LogP contribution < -0.4 is 5.32 Å². The predicted octanol–water partition coefficient (Wildman–Crippen LogP) is 0.981. The molecule has 1 aliphatic heterocycles. The Kier molecular flexibility index (Phi) is 2.59. The SMILES string of the molecule is CCCC1CC(n2cnnc2)CN1. The molecular formula is C9H16N4. The normalized spacial score (nSPS) is 28.1. The highest BCUT2D eigenvalue weighted by Gasteiger charge is 2.24. The largest absolute Gasteiger partial charge is 0.316 e. The third-order valence-electron chi connectivity index (χ3n) is 2.69. The predicted molar refractivity (Wildman–Crippen MR) is 50.4 cm³/mol. The van der Waals surface area contributed by atoms with E-state index in [1.807, 2.05) is 0 Å². The highest BCUT2D eigenvalue weighted by atomic mass is 15.3. The fourth-order valence-electron chi connectivity index (χ4n) is 1.99. The van der Waals surface area contributed by atoms with Crippen molar-refractivity contribution in [3.05, 3.63) is 12.7 Å². The average Bonchev–Trinajstić information content (AvgIpc) is 2.70. The van der Waals surface area contributed by atoms with Crippen molar-refractivity contribution in [1.29, 1.82) is 0 Å². The average molecular weight is 180 g/mol. The number of aromatic nitrogens is 3. The molecule has 0 aromatic carbocycles. The van der Waals surface area contributed by atoms with Gasteiger partial charge in [0.2, 0.25) is 0 Å². The fraction of sp³-hybridized carbons (Fsp3) is 0.778. The molecule has 1 N–H and O–H groups in total. The van der Waals surface area contributed by atoms with Crippen molar-refractivity contribution in [2.75, 3.05) is 6.54 Å². The summed E-state index contributed by atoms with van der Waals surface area (Å²) in [6.45, 7) is 3.29. The summed E-state index contributed by atoms with van der Waals surface area (Å²) in [5, 5.41) is 11.2. The molecule has 1 fully saturated rings. The van der Waals surface area contributed by atoms with Gasteiger partial charge in [-0.05, 0) is 12.8 Å². The van der Waals surface area contributed by atoms with Gasteiger partial charge >= 0.3 is 0 Å². The van der Waals surface area contributed by atoms with Crippen LogP contribution in [0.15, 0.2) is 12.7 Å². The number of nitrogens with zero attached hydrogens (tertiary/aromatic N) is 3. The molecule has 2 rings (SSSR count). The smallest absolute Gasteiger partial charge is 0.119 e. The monoisotopic (exact) mass is 180 g/mol. The van der Waals surface area contributed by atoms with Gasteiger partial charge in [-0.3, -0.25) is 0 Å². The van der Waals surface area contributed by atoms with Crippen molar-refractivity contribution in [3.8, 4) is 0 Å². The van der Waals surface area contributed by atoms with E-state index in [1.54, 1.807) is 12.7 Å². The Labute approximate surface area is 78.4 Å². The van der Waals surface area contributed by atoms with Gasteiger partial charge in [-0.25, -0.2) is 0 Å². The standard InChI is InChI=1S/C9H16N4/c1-2-3-8-4-9(5-10-8)13-6-11-12-7-13/h6-10H,2-5H2,1H3. The van der Waals surface area contributed by atoms with E-state index in [1.165, 1.54) is 19.3 Å². The van der Waals surface area contributed by atoms with E-state index in [0.29, 0.717) is 12.1 Å². The summed E-state index contributed by atoms with van der Waals surface area (Å²) in [5.41, 5.74) is 0. The Morgan fingerprint density at radius 3 is 2.92 bits per heavy atom. The Morgan fingerprint density at radius 2 is 2.23 bits per heavy atom. The maximum Gasteiger partial charge on any atom is 0.119 e. The maximum absolute atomic E-state index is 3.82. The van der Waals surface area contributed by atoms with Crippen molar-refractivity contribution >= 4 is 0 Å². The first kappa shape index (κ1) is 8.69. The van der Waals surface area contributed by atoms with E-state index in [-0.39, 0.29) is 0 Å². The summed E-state index contributed by atoms with van der Waals surface area (Å²) in [6, 6.07) is 1.25. The molecule has 1 aromatic rings. The van der Waals surface area contributed by atoms with Gasteiger partial charge in [0.15, 0.2) is 0 Å². The molecule has 1 aliphatic rings. The van der Waals surface area contributed by atoms with Crippen LogP contribution in [0.5, 0.6) is 0 Å². The molecule has 2 heterocycles. The van der Waals surface area contributed by atoms with E-state index >= 15 is 0 Å². The number of rotatable bonds is 3. The van der Waals surface area contributed by atoms with Gasteiger partial charge in [-0.15, -0.1) is 10.2 Å². The molecule has 4 nitrogen and oxygen atoms in total. The van der Waals surface area contributed by atoms with Gasteiger partial charge < -0.3 is 9.88 Å². The fourth-order valence-corrected chi connectivity index (χ4v) is 1.99. The molecule has 2 atom stereocenters. The van der Waals surface area contributed by atoms with Crippen molar-refractivity contribution in [2.45, 2.75) is 38.3 Å². The minimum atomic E-state index is 0.562. The Balaban J connectivity index is 1.91. The molecule has 0 saturated carbocycles. The lowest BCUT2D eigenvalue weighted by Gasteiger charge is -2.09. The van der Waals surface area contributed by atoms with Gasteiger partial charge in [0.1, 0.15) is 12.7 Å². The zero-order valence-electron chi connectivity index (χ0n) is 7.98. The Bertz CT molecular complexity index is 244. The van der Waals surface area contributed by atoms with Crippen LogP contribution in [-0.4, -0.2) is 27.4 Å². The number of nitrogens with one attached hydrogen (secondary N) is 1. The molecule has 2 unspecified atom stereocenters. The first-order valence-electron chi connectivity index (χ1n) is 4.97. The molecule has 0 bridgehead atoms. The Morgan fingerprint density at radius 1 is 1.46 bits per heavy atom. The zero-order valence-corrected chi connectivity index (χ0v) is 7.98. The summed E-state index contributed by atoms with van der Waals surface area (Å²) >= 11 is 0. The molecule has 0 spiro atoms. The van der Waals surface area contributed by atoms with Crippen LogP contribution in [-0.2, 0) is 0 Å². The van der Waals surface area contributed by atoms with E-state index in [4.69, 9.17) is 0 Å². The molecule has 0 radical (unpaired) electrons. The first-order chi connectivity index (χ1) is 6.40. The van der Waals surface area contributed by atoms with Crippen LogP contribution in [0.3, 0.4) is 0 Å². The van der Waals surface area contributed by atoms with E-state index < -0.39 is 0 Å². The van der Waals surface area contributed by atoms with E-state index in [9.17, 15) is 0 Å².